The zero-order valence-corrected chi connectivity index (χ0v) is 5.53. The van der Waals surface area contributed by atoms with Crippen LogP contribution in [-0.4, -0.2) is 23.2 Å². The highest BCUT2D eigenvalue weighted by atomic mass is 16.5. The molecular formula is C6H7N3O. The molecule has 0 unspecified atom stereocenters. The molecular weight excluding hydrogens is 130 g/mol. The fourth-order valence-corrected chi connectivity index (χ4v) is 0.527. The zero-order chi connectivity index (χ0) is 7.40. The lowest BCUT2D eigenvalue weighted by Gasteiger charge is -1.97. The second-order valence-electron chi connectivity index (χ2n) is 1.64. The van der Waals surface area contributed by atoms with Crippen molar-refractivity contribution in [3.8, 4) is 0 Å². The number of nitrogens with one attached hydrogen (secondary N) is 1. The first-order valence-corrected chi connectivity index (χ1v) is 2.75. The van der Waals surface area contributed by atoms with E-state index >= 15 is 0 Å². The fraction of sp³-hybridized carbons (Fsp3) is 0.167. The van der Waals surface area contributed by atoms with Gasteiger partial charge >= 0.3 is 0 Å². The summed E-state index contributed by atoms with van der Waals surface area (Å²) in [6.45, 7) is 0. The molecule has 0 radical (unpaired) electrons. The lowest BCUT2D eigenvalue weighted by molar-refractivity contribution is 0.399. The van der Waals surface area contributed by atoms with Crippen molar-refractivity contribution < 1.29 is 4.74 Å². The monoisotopic (exact) mass is 137 g/mol. The van der Waals surface area contributed by atoms with Crippen LogP contribution >= 0.6 is 0 Å². The van der Waals surface area contributed by atoms with E-state index in [-0.39, 0.29) is 5.90 Å². The molecule has 4 heteroatoms. The summed E-state index contributed by atoms with van der Waals surface area (Å²) in [5, 5.41) is 14.4. The Hall–Kier alpha value is -1.45. The maximum Gasteiger partial charge on any atom is 0.234 e. The van der Waals surface area contributed by atoms with E-state index in [1.807, 2.05) is 0 Å². The lowest BCUT2D eigenvalue weighted by atomic mass is 10.4. The van der Waals surface area contributed by atoms with Gasteiger partial charge in [-0.05, 0) is 12.1 Å². The molecule has 0 aromatic carbocycles. The van der Waals surface area contributed by atoms with Gasteiger partial charge in [0.25, 0.3) is 0 Å². The Morgan fingerprint density at radius 1 is 1.70 bits per heavy atom. The third-order valence-electron chi connectivity index (χ3n) is 1.01. The molecule has 1 N–H and O–H groups in total. The van der Waals surface area contributed by atoms with Gasteiger partial charge in [0.2, 0.25) is 5.90 Å². The van der Waals surface area contributed by atoms with E-state index < -0.39 is 0 Å². The van der Waals surface area contributed by atoms with Crippen molar-refractivity contribution in [3.63, 3.8) is 0 Å². The van der Waals surface area contributed by atoms with Gasteiger partial charge < -0.3 is 4.74 Å². The van der Waals surface area contributed by atoms with Gasteiger partial charge in [0.1, 0.15) is 5.69 Å². The highest BCUT2D eigenvalue weighted by Crippen LogP contribution is 1.91. The van der Waals surface area contributed by atoms with Crippen LogP contribution in [-0.2, 0) is 4.74 Å². The third kappa shape index (κ3) is 1.28. The minimum atomic E-state index is 0.0353. The summed E-state index contributed by atoms with van der Waals surface area (Å²) >= 11 is 0. The molecule has 0 saturated heterocycles. The molecule has 1 aromatic heterocycles. The van der Waals surface area contributed by atoms with Gasteiger partial charge in [-0.1, -0.05) is 0 Å². The predicted molar refractivity (Wildman–Crippen MR) is 35.9 cm³/mol. The molecule has 1 aromatic rings. The standard InChI is InChI=1S/C6H7N3O/c1-10-6(7)5-3-2-4-8-9-5/h2-4,7H,1H3. The van der Waals surface area contributed by atoms with E-state index in [2.05, 4.69) is 14.9 Å². The molecule has 0 aliphatic heterocycles. The minimum absolute atomic E-state index is 0.0353. The molecule has 0 amide bonds. The summed E-state index contributed by atoms with van der Waals surface area (Å²) < 4.78 is 4.62. The third-order valence-corrected chi connectivity index (χ3v) is 1.01. The number of rotatable bonds is 1. The normalized spacial score (nSPS) is 8.90. The number of hydrogen-bond donors (Lipinski definition) is 1. The molecule has 1 heterocycles. The van der Waals surface area contributed by atoms with Crippen LogP contribution in [0.15, 0.2) is 18.3 Å². The van der Waals surface area contributed by atoms with Crippen LogP contribution in [0.25, 0.3) is 0 Å². The van der Waals surface area contributed by atoms with Gasteiger partial charge in [-0.2, -0.15) is 5.10 Å². The predicted octanol–water partition coefficient (Wildman–Crippen LogP) is 0.448. The average Bonchev–Trinajstić information content (AvgIpc) is 2.05. The van der Waals surface area contributed by atoms with Crippen LogP contribution in [0, 0.1) is 5.41 Å². The van der Waals surface area contributed by atoms with Crippen molar-refractivity contribution in [3.05, 3.63) is 24.0 Å². The Labute approximate surface area is 58.4 Å². The molecule has 0 fully saturated rings. The molecule has 0 spiro atoms. The van der Waals surface area contributed by atoms with Gasteiger partial charge in [0.05, 0.1) is 7.11 Å². The maximum absolute atomic E-state index is 7.15. The molecule has 10 heavy (non-hydrogen) atoms. The second kappa shape index (κ2) is 2.91. The smallest absolute Gasteiger partial charge is 0.234 e. The molecule has 52 valence electrons. The summed E-state index contributed by atoms with van der Waals surface area (Å²) in [4.78, 5) is 0. The average molecular weight is 137 g/mol. The highest BCUT2D eigenvalue weighted by Gasteiger charge is 1.99. The van der Waals surface area contributed by atoms with Crippen molar-refractivity contribution >= 4 is 5.90 Å². The topological polar surface area (TPSA) is 58.9 Å². The Bertz CT molecular complexity index is 222. The number of nitrogens with zero attached hydrogens (tertiary/aromatic N) is 2. The van der Waals surface area contributed by atoms with E-state index in [4.69, 9.17) is 5.41 Å². The number of aromatic nitrogens is 2. The first-order valence-electron chi connectivity index (χ1n) is 2.75. The van der Waals surface area contributed by atoms with Crippen molar-refractivity contribution in [2.45, 2.75) is 0 Å². The summed E-state index contributed by atoms with van der Waals surface area (Å²) in [6.07, 6.45) is 1.55. The number of ether oxygens (including phenoxy) is 1. The van der Waals surface area contributed by atoms with Crippen LogP contribution in [0.2, 0.25) is 0 Å². The van der Waals surface area contributed by atoms with E-state index in [0.717, 1.165) is 0 Å². The van der Waals surface area contributed by atoms with Crippen LogP contribution in [0.3, 0.4) is 0 Å². The van der Waals surface area contributed by atoms with Crippen molar-refractivity contribution in [2.75, 3.05) is 7.11 Å². The largest absolute Gasteiger partial charge is 0.480 e. The van der Waals surface area contributed by atoms with Crippen LogP contribution in [0.5, 0.6) is 0 Å². The summed E-state index contributed by atoms with van der Waals surface area (Å²) in [5.41, 5.74) is 0.449. The van der Waals surface area contributed by atoms with Gasteiger partial charge in [-0.25, -0.2) is 0 Å². The molecule has 4 nitrogen and oxygen atoms in total. The molecule has 0 aliphatic rings. The molecule has 1 rings (SSSR count). The Morgan fingerprint density at radius 3 is 3.00 bits per heavy atom. The summed E-state index contributed by atoms with van der Waals surface area (Å²) in [7, 11) is 1.43. The number of methoxy groups -OCH3 is 1. The van der Waals surface area contributed by atoms with Crippen LogP contribution < -0.4 is 0 Å². The quantitative estimate of drug-likeness (QED) is 0.451. The SMILES string of the molecule is COC(=N)c1cccnn1. The van der Waals surface area contributed by atoms with Gasteiger partial charge in [-0.3, -0.25) is 5.41 Å². The summed E-state index contributed by atoms with van der Waals surface area (Å²) in [6, 6.07) is 3.37. The van der Waals surface area contributed by atoms with E-state index in [9.17, 15) is 0 Å². The molecule has 0 bridgehead atoms. The molecule has 0 saturated carbocycles. The summed E-state index contributed by atoms with van der Waals surface area (Å²) in [5.74, 6) is 0.0353. The van der Waals surface area contributed by atoms with Gasteiger partial charge in [0.15, 0.2) is 0 Å². The van der Waals surface area contributed by atoms with Gasteiger partial charge in [0, 0.05) is 6.20 Å². The molecule has 0 aliphatic carbocycles. The molecule has 0 atom stereocenters. The lowest BCUT2D eigenvalue weighted by Crippen LogP contribution is -2.04. The minimum Gasteiger partial charge on any atom is -0.480 e. The van der Waals surface area contributed by atoms with Crippen LogP contribution in [0.1, 0.15) is 5.69 Å². The Balaban J connectivity index is 2.85. The highest BCUT2D eigenvalue weighted by molar-refractivity contribution is 5.88. The number of hydrogen-bond acceptors (Lipinski definition) is 4. The maximum atomic E-state index is 7.15. The van der Waals surface area contributed by atoms with Crippen molar-refractivity contribution in [2.24, 2.45) is 0 Å². The zero-order valence-electron chi connectivity index (χ0n) is 5.53. The van der Waals surface area contributed by atoms with Crippen molar-refractivity contribution in [1.29, 1.82) is 5.41 Å². The second-order valence-corrected chi connectivity index (χ2v) is 1.64. The Kier molecular flexibility index (Phi) is 1.94. The first-order chi connectivity index (χ1) is 4.84. The Morgan fingerprint density at radius 2 is 2.50 bits per heavy atom. The van der Waals surface area contributed by atoms with Gasteiger partial charge in [-0.15, -0.1) is 5.10 Å². The first kappa shape index (κ1) is 6.67. The fourth-order valence-electron chi connectivity index (χ4n) is 0.527. The van der Waals surface area contributed by atoms with E-state index in [1.165, 1.54) is 7.11 Å². The van der Waals surface area contributed by atoms with E-state index in [1.54, 1.807) is 18.3 Å². The van der Waals surface area contributed by atoms with E-state index in [0.29, 0.717) is 5.69 Å². The van der Waals surface area contributed by atoms with Crippen LogP contribution in [0.4, 0.5) is 0 Å². The van der Waals surface area contributed by atoms with Crippen molar-refractivity contribution in [1.82, 2.24) is 10.2 Å².